The number of imidazole rings is 1. The van der Waals surface area contributed by atoms with Gasteiger partial charge in [0.1, 0.15) is 11.5 Å². The lowest BCUT2D eigenvalue weighted by molar-refractivity contribution is -0.190. The monoisotopic (exact) mass is 451 g/mol. The van der Waals surface area contributed by atoms with Crippen LogP contribution < -0.4 is 15.7 Å². The molecule has 0 radical (unpaired) electrons. The summed E-state index contributed by atoms with van der Waals surface area (Å²) >= 11 is 0. The van der Waals surface area contributed by atoms with Gasteiger partial charge in [0.2, 0.25) is 0 Å². The Hall–Kier alpha value is -3.54. The molecule has 3 heterocycles. The van der Waals surface area contributed by atoms with Crippen molar-refractivity contribution in [1.82, 2.24) is 24.8 Å². The number of ether oxygens (including phenoxy) is 1. The molecular weight excluding hydrogens is 434 g/mol. The lowest BCUT2D eigenvalue weighted by Gasteiger charge is -2.26. The first-order valence-corrected chi connectivity index (χ1v) is 9.67. The highest BCUT2D eigenvalue weighted by Gasteiger charge is 2.43. The van der Waals surface area contributed by atoms with Crippen LogP contribution in [-0.2, 0) is 4.79 Å². The van der Waals surface area contributed by atoms with E-state index in [1.165, 1.54) is 41.1 Å². The fourth-order valence-corrected chi connectivity index (χ4v) is 3.60. The molecular formula is C20H17F4N5O3. The molecule has 0 saturated carbocycles. The molecule has 12 heteroatoms. The summed E-state index contributed by atoms with van der Waals surface area (Å²) in [7, 11) is 0. The number of hydrogen-bond acceptors (Lipinski definition) is 6. The summed E-state index contributed by atoms with van der Waals surface area (Å²) in [6.45, 7) is 1.15. The molecule has 1 fully saturated rings. The van der Waals surface area contributed by atoms with Gasteiger partial charge in [-0.1, -0.05) is 0 Å². The minimum absolute atomic E-state index is 0.121. The first kappa shape index (κ1) is 21.7. The number of hydrogen-bond donors (Lipinski definition) is 2. The zero-order valence-electron chi connectivity index (χ0n) is 16.4. The molecule has 1 aliphatic rings. The number of nitrogens with zero attached hydrogens (tertiary/aromatic N) is 3. The molecule has 2 aromatic heterocycles. The first-order chi connectivity index (χ1) is 15.2. The molecule has 3 aromatic rings. The number of rotatable bonds is 4. The van der Waals surface area contributed by atoms with E-state index < -0.39 is 29.7 Å². The average molecular weight is 451 g/mol. The summed E-state index contributed by atoms with van der Waals surface area (Å²) in [5, 5.41) is 3.15. The van der Waals surface area contributed by atoms with E-state index in [1.807, 2.05) is 0 Å². The van der Waals surface area contributed by atoms with Crippen molar-refractivity contribution in [2.24, 2.45) is 0 Å². The van der Waals surface area contributed by atoms with Crippen LogP contribution in [0.3, 0.4) is 0 Å². The van der Waals surface area contributed by atoms with Crippen LogP contribution >= 0.6 is 0 Å². The second-order valence-corrected chi connectivity index (χ2v) is 7.13. The van der Waals surface area contributed by atoms with Gasteiger partial charge in [0.15, 0.2) is 0 Å². The van der Waals surface area contributed by atoms with Gasteiger partial charge in [0.05, 0.1) is 11.4 Å². The number of aromatic nitrogens is 4. The maximum absolute atomic E-state index is 13.5. The van der Waals surface area contributed by atoms with Crippen LogP contribution in [-0.4, -0.2) is 44.8 Å². The molecule has 0 bridgehead atoms. The van der Waals surface area contributed by atoms with Crippen LogP contribution in [0.5, 0.6) is 6.01 Å². The number of alkyl halides is 3. The summed E-state index contributed by atoms with van der Waals surface area (Å²) in [6, 6.07) is 5.63. The van der Waals surface area contributed by atoms with Gasteiger partial charge in [-0.15, -0.1) is 0 Å². The third-order valence-electron chi connectivity index (χ3n) is 5.02. The molecule has 0 atom stereocenters. The van der Waals surface area contributed by atoms with Gasteiger partial charge >= 0.3 is 23.8 Å². The number of halogens is 4. The second kappa shape index (κ2) is 8.54. The minimum atomic E-state index is -5.23. The third-order valence-corrected chi connectivity index (χ3v) is 5.02. The fourth-order valence-electron chi connectivity index (χ4n) is 3.60. The highest BCUT2D eigenvalue weighted by atomic mass is 19.4. The van der Waals surface area contributed by atoms with Crippen LogP contribution in [0.4, 0.5) is 17.6 Å². The van der Waals surface area contributed by atoms with Gasteiger partial charge in [0, 0.05) is 17.8 Å². The number of benzene rings is 1. The predicted octanol–water partition coefficient (Wildman–Crippen LogP) is 2.83. The predicted molar refractivity (Wildman–Crippen MR) is 104 cm³/mol. The van der Waals surface area contributed by atoms with Gasteiger partial charge in [-0.05, 0) is 56.3 Å². The highest BCUT2D eigenvalue weighted by molar-refractivity contribution is 5.81. The zero-order chi connectivity index (χ0) is 22.9. The van der Waals surface area contributed by atoms with Crippen molar-refractivity contribution in [3.63, 3.8) is 0 Å². The molecule has 0 unspecified atom stereocenters. The number of nitrogens with one attached hydrogen (secondary N) is 2. The minimum Gasteiger partial charge on any atom is -0.385 e. The highest BCUT2D eigenvalue weighted by Crippen LogP contribution is 2.39. The third kappa shape index (κ3) is 4.40. The van der Waals surface area contributed by atoms with E-state index in [0.717, 1.165) is 0 Å². The van der Waals surface area contributed by atoms with Crippen molar-refractivity contribution in [3.05, 3.63) is 52.8 Å². The molecule has 2 N–H and O–H groups in total. The zero-order valence-corrected chi connectivity index (χ0v) is 16.4. The molecule has 4 rings (SSSR count). The summed E-state index contributed by atoms with van der Waals surface area (Å²) in [5.74, 6) is -2.94. The summed E-state index contributed by atoms with van der Waals surface area (Å²) in [4.78, 5) is 33.8. The maximum atomic E-state index is 13.5. The first-order valence-electron chi connectivity index (χ1n) is 9.67. The second-order valence-electron chi connectivity index (χ2n) is 7.13. The number of piperidine rings is 1. The molecule has 32 heavy (non-hydrogen) atoms. The lowest BCUT2D eigenvalue weighted by atomic mass is 10.0. The van der Waals surface area contributed by atoms with E-state index in [-0.39, 0.29) is 23.1 Å². The van der Waals surface area contributed by atoms with Crippen molar-refractivity contribution < 1.29 is 27.1 Å². The quantitative estimate of drug-likeness (QED) is 0.467. The standard InChI is InChI=1S/C20H17F4N5O3/c21-12-3-1-11(2-4-12)15-16(14-7-10-26-18(31)27-14)29(13-5-8-25-9-6-13)19(28-15)32-17(30)20(22,23)24/h1-4,7,10,13,25H,5-6,8-9H2,(H,26,27,31). The normalized spacial score (nSPS) is 15.0. The molecule has 1 aliphatic heterocycles. The number of carbonyl (C=O) groups is 1. The molecule has 8 nitrogen and oxygen atoms in total. The van der Waals surface area contributed by atoms with Crippen LogP contribution in [0.2, 0.25) is 0 Å². The Labute approximate surface area is 178 Å². The van der Waals surface area contributed by atoms with Gasteiger partial charge in [-0.3, -0.25) is 4.57 Å². The number of H-pyrrole nitrogens is 1. The van der Waals surface area contributed by atoms with E-state index in [2.05, 4.69) is 25.0 Å². The van der Waals surface area contributed by atoms with E-state index in [9.17, 15) is 27.2 Å². The Kier molecular flexibility index (Phi) is 5.78. The average Bonchev–Trinajstić information content (AvgIpc) is 3.13. The molecule has 168 valence electrons. The van der Waals surface area contributed by atoms with E-state index in [0.29, 0.717) is 31.5 Å². The lowest BCUT2D eigenvalue weighted by Crippen LogP contribution is -2.32. The van der Waals surface area contributed by atoms with Gasteiger partial charge in [-0.25, -0.2) is 19.0 Å². The number of aromatic amines is 1. The van der Waals surface area contributed by atoms with Crippen LogP contribution in [0.15, 0.2) is 41.3 Å². The Balaban J connectivity index is 1.96. The smallest absolute Gasteiger partial charge is 0.385 e. The van der Waals surface area contributed by atoms with Crippen molar-refractivity contribution in [2.45, 2.75) is 25.1 Å². The fraction of sp³-hybridized carbons (Fsp3) is 0.300. The van der Waals surface area contributed by atoms with E-state index in [1.54, 1.807) is 0 Å². The Morgan fingerprint density at radius 2 is 1.81 bits per heavy atom. The largest absolute Gasteiger partial charge is 0.491 e. The molecule has 0 aliphatic carbocycles. The van der Waals surface area contributed by atoms with Crippen LogP contribution in [0.1, 0.15) is 18.9 Å². The van der Waals surface area contributed by atoms with E-state index >= 15 is 0 Å². The van der Waals surface area contributed by atoms with Crippen molar-refractivity contribution >= 4 is 5.97 Å². The summed E-state index contributed by atoms with van der Waals surface area (Å²) in [5.41, 5.74) is 0.239. The van der Waals surface area contributed by atoms with Gasteiger partial charge in [-0.2, -0.15) is 18.2 Å². The molecule has 1 saturated heterocycles. The number of esters is 1. The molecule has 1 aromatic carbocycles. The Morgan fingerprint density at radius 3 is 2.44 bits per heavy atom. The van der Waals surface area contributed by atoms with E-state index in [4.69, 9.17) is 0 Å². The Bertz CT molecular complexity index is 1180. The maximum Gasteiger partial charge on any atom is 0.491 e. The van der Waals surface area contributed by atoms with Crippen molar-refractivity contribution in [1.29, 1.82) is 0 Å². The Morgan fingerprint density at radius 1 is 1.12 bits per heavy atom. The van der Waals surface area contributed by atoms with Gasteiger partial charge < -0.3 is 15.0 Å². The van der Waals surface area contributed by atoms with Crippen LogP contribution in [0, 0.1) is 5.82 Å². The SMILES string of the molecule is O=C(Oc1nc(-c2ccc(F)cc2)c(-c2ccnc(=O)[nH]2)n1C1CCNCC1)C(F)(F)F. The summed E-state index contributed by atoms with van der Waals surface area (Å²) in [6.07, 6.45) is -2.97. The van der Waals surface area contributed by atoms with Gasteiger partial charge in [0.25, 0.3) is 0 Å². The molecule has 0 amide bonds. The van der Waals surface area contributed by atoms with Crippen LogP contribution in [0.25, 0.3) is 22.6 Å². The van der Waals surface area contributed by atoms with Crippen molar-refractivity contribution in [2.75, 3.05) is 13.1 Å². The van der Waals surface area contributed by atoms with Crippen molar-refractivity contribution in [3.8, 4) is 28.7 Å². The topological polar surface area (TPSA) is 102 Å². The molecule has 0 spiro atoms. The summed E-state index contributed by atoms with van der Waals surface area (Å²) < 4.78 is 58.3. The number of carbonyl (C=O) groups excluding carboxylic acids is 1.